The number of carbonyl (C=O) groups is 1. The maximum atomic E-state index is 11.1. The summed E-state index contributed by atoms with van der Waals surface area (Å²) in [7, 11) is 0. The molecule has 1 unspecified atom stereocenters. The van der Waals surface area contributed by atoms with Crippen molar-refractivity contribution in [2.45, 2.75) is 32.9 Å². The first-order chi connectivity index (χ1) is 9.47. The Morgan fingerprint density at radius 1 is 1.65 bits per heavy atom. The summed E-state index contributed by atoms with van der Waals surface area (Å²) in [5, 5.41) is 9.12. The predicted molar refractivity (Wildman–Crippen MR) is 78.0 cm³/mol. The zero-order chi connectivity index (χ0) is 14.7. The van der Waals surface area contributed by atoms with Gasteiger partial charge in [-0.05, 0) is 26.8 Å². The summed E-state index contributed by atoms with van der Waals surface area (Å²) in [4.78, 5) is 14.7. The number of aromatic carboxylic acids is 1. The molecule has 1 fully saturated rings. The number of aryl methyl sites for hydroxylation is 1. The number of morpholine rings is 1. The van der Waals surface area contributed by atoms with E-state index in [0.717, 1.165) is 18.0 Å². The Hall–Kier alpha value is -1.11. The van der Waals surface area contributed by atoms with Crippen LogP contribution in [0.1, 0.15) is 28.4 Å². The normalized spacial score (nSPS) is 20.3. The van der Waals surface area contributed by atoms with E-state index in [2.05, 4.69) is 18.7 Å². The van der Waals surface area contributed by atoms with Gasteiger partial charge in [-0.25, -0.2) is 4.79 Å². The third kappa shape index (κ3) is 3.71. The summed E-state index contributed by atoms with van der Waals surface area (Å²) in [6.07, 6.45) is -0.00648. The van der Waals surface area contributed by atoms with E-state index in [0.29, 0.717) is 25.0 Å². The van der Waals surface area contributed by atoms with Crippen LogP contribution in [-0.4, -0.2) is 54.4 Å². The lowest BCUT2D eigenvalue weighted by Crippen LogP contribution is -2.47. The molecule has 0 spiro atoms. The molecule has 6 heteroatoms. The average Bonchev–Trinajstić information content (AvgIpc) is 2.78. The minimum Gasteiger partial charge on any atom is -0.489 e. The molecule has 112 valence electrons. The number of nitrogens with zero attached hydrogens (tertiary/aromatic N) is 1. The highest BCUT2D eigenvalue weighted by molar-refractivity contribution is 7.14. The standard InChI is InChI=1S/C14H21NO4S/c1-9(2)15-4-5-18-11(7-15)8-19-12-6-10(3)20-13(12)14(16)17/h6,9,11H,4-5,7-8H2,1-3H3,(H,16,17). The second kappa shape index (κ2) is 6.56. The van der Waals surface area contributed by atoms with Crippen LogP contribution in [0.4, 0.5) is 0 Å². The topological polar surface area (TPSA) is 59.0 Å². The smallest absolute Gasteiger partial charge is 0.349 e. The Labute approximate surface area is 123 Å². The third-order valence-electron chi connectivity index (χ3n) is 3.34. The highest BCUT2D eigenvalue weighted by Crippen LogP contribution is 2.29. The SMILES string of the molecule is Cc1cc(OCC2CN(C(C)C)CCO2)c(C(=O)O)s1. The molecule has 2 heterocycles. The van der Waals surface area contributed by atoms with Gasteiger partial charge in [-0.3, -0.25) is 4.90 Å². The summed E-state index contributed by atoms with van der Waals surface area (Å²) in [6.45, 7) is 9.04. The first-order valence-corrected chi connectivity index (χ1v) is 7.61. The quantitative estimate of drug-likeness (QED) is 0.903. The molecule has 0 aliphatic carbocycles. The van der Waals surface area contributed by atoms with Gasteiger partial charge in [-0.1, -0.05) is 0 Å². The summed E-state index contributed by atoms with van der Waals surface area (Å²) in [5.41, 5.74) is 0. The molecule has 1 aliphatic rings. The van der Waals surface area contributed by atoms with Crippen molar-refractivity contribution < 1.29 is 19.4 Å². The van der Waals surface area contributed by atoms with E-state index in [1.54, 1.807) is 6.07 Å². The van der Waals surface area contributed by atoms with Crippen molar-refractivity contribution in [1.82, 2.24) is 4.90 Å². The van der Waals surface area contributed by atoms with Gasteiger partial charge in [0, 0.05) is 24.0 Å². The molecule has 20 heavy (non-hydrogen) atoms. The summed E-state index contributed by atoms with van der Waals surface area (Å²) >= 11 is 1.24. The summed E-state index contributed by atoms with van der Waals surface area (Å²) in [5.74, 6) is -0.489. The molecule has 1 aromatic heterocycles. The Morgan fingerprint density at radius 2 is 2.40 bits per heavy atom. The minimum atomic E-state index is -0.938. The van der Waals surface area contributed by atoms with E-state index >= 15 is 0 Å². The second-order valence-corrected chi connectivity index (χ2v) is 6.50. The first kappa shape index (κ1) is 15.3. The number of hydrogen-bond acceptors (Lipinski definition) is 5. The van der Waals surface area contributed by atoms with Crippen molar-refractivity contribution in [2.75, 3.05) is 26.3 Å². The summed E-state index contributed by atoms with van der Waals surface area (Å²) in [6, 6.07) is 2.26. The zero-order valence-corrected chi connectivity index (χ0v) is 12.9. The number of carboxylic acids is 1. The van der Waals surface area contributed by atoms with Crippen LogP contribution in [0.25, 0.3) is 0 Å². The monoisotopic (exact) mass is 299 g/mol. The fourth-order valence-corrected chi connectivity index (χ4v) is 3.04. The molecule has 0 saturated carbocycles. The molecular weight excluding hydrogens is 278 g/mol. The van der Waals surface area contributed by atoms with Gasteiger partial charge in [0.05, 0.1) is 6.61 Å². The van der Waals surface area contributed by atoms with Crippen LogP contribution in [0.15, 0.2) is 6.07 Å². The van der Waals surface area contributed by atoms with Gasteiger partial charge in [0.25, 0.3) is 0 Å². The Balaban J connectivity index is 1.93. The predicted octanol–water partition coefficient (Wildman–Crippen LogP) is 2.24. The van der Waals surface area contributed by atoms with Crippen molar-refractivity contribution in [3.8, 4) is 5.75 Å². The minimum absolute atomic E-state index is 0.00648. The number of rotatable bonds is 5. The van der Waals surface area contributed by atoms with Crippen LogP contribution in [0.5, 0.6) is 5.75 Å². The molecule has 1 atom stereocenters. The molecule has 0 aromatic carbocycles. The second-order valence-electron chi connectivity index (χ2n) is 5.25. The highest BCUT2D eigenvalue weighted by Gasteiger charge is 2.24. The van der Waals surface area contributed by atoms with Gasteiger partial charge >= 0.3 is 5.97 Å². The Morgan fingerprint density at radius 3 is 3.05 bits per heavy atom. The lowest BCUT2D eigenvalue weighted by molar-refractivity contribution is -0.0565. The van der Waals surface area contributed by atoms with E-state index in [4.69, 9.17) is 14.6 Å². The van der Waals surface area contributed by atoms with Crippen molar-refractivity contribution in [1.29, 1.82) is 0 Å². The molecule has 1 N–H and O–H groups in total. The number of carboxylic acid groups (broad SMARTS) is 1. The molecule has 1 aromatic rings. The van der Waals surface area contributed by atoms with Crippen LogP contribution < -0.4 is 4.74 Å². The molecule has 0 bridgehead atoms. The molecule has 1 aliphatic heterocycles. The van der Waals surface area contributed by atoms with Gasteiger partial charge < -0.3 is 14.6 Å². The van der Waals surface area contributed by atoms with Crippen molar-refractivity contribution in [3.63, 3.8) is 0 Å². The van der Waals surface area contributed by atoms with E-state index in [1.165, 1.54) is 11.3 Å². The van der Waals surface area contributed by atoms with E-state index in [1.807, 2.05) is 6.92 Å². The fourth-order valence-electron chi connectivity index (χ4n) is 2.24. The largest absolute Gasteiger partial charge is 0.489 e. The summed E-state index contributed by atoms with van der Waals surface area (Å²) < 4.78 is 11.3. The van der Waals surface area contributed by atoms with Gasteiger partial charge in [-0.2, -0.15) is 0 Å². The maximum Gasteiger partial charge on any atom is 0.349 e. The van der Waals surface area contributed by atoms with Crippen LogP contribution in [0.2, 0.25) is 0 Å². The van der Waals surface area contributed by atoms with Gasteiger partial charge in [0.1, 0.15) is 18.5 Å². The number of hydrogen-bond donors (Lipinski definition) is 1. The fraction of sp³-hybridized carbons (Fsp3) is 0.643. The third-order valence-corrected chi connectivity index (χ3v) is 4.36. The van der Waals surface area contributed by atoms with Crippen LogP contribution in [0.3, 0.4) is 0 Å². The Kier molecular flexibility index (Phi) is 5.01. The maximum absolute atomic E-state index is 11.1. The molecule has 1 saturated heterocycles. The van der Waals surface area contributed by atoms with Crippen molar-refractivity contribution in [2.24, 2.45) is 0 Å². The highest BCUT2D eigenvalue weighted by atomic mass is 32.1. The molecule has 2 rings (SSSR count). The molecule has 0 amide bonds. The van der Waals surface area contributed by atoms with Crippen molar-refractivity contribution >= 4 is 17.3 Å². The lowest BCUT2D eigenvalue weighted by Gasteiger charge is -2.35. The Bertz CT molecular complexity index is 472. The van der Waals surface area contributed by atoms with Crippen LogP contribution in [0, 0.1) is 6.92 Å². The first-order valence-electron chi connectivity index (χ1n) is 6.79. The average molecular weight is 299 g/mol. The van der Waals surface area contributed by atoms with E-state index < -0.39 is 5.97 Å². The lowest BCUT2D eigenvalue weighted by atomic mass is 10.2. The van der Waals surface area contributed by atoms with E-state index in [-0.39, 0.29) is 11.0 Å². The van der Waals surface area contributed by atoms with E-state index in [9.17, 15) is 4.79 Å². The van der Waals surface area contributed by atoms with Gasteiger partial charge in [-0.15, -0.1) is 11.3 Å². The van der Waals surface area contributed by atoms with Gasteiger partial charge in [0.15, 0.2) is 4.88 Å². The van der Waals surface area contributed by atoms with Crippen LogP contribution >= 0.6 is 11.3 Å². The number of ether oxygens (including phenoxy) is 2. The number of thiophene rings is 1. The zero-order valence-electron chi connectivity index (χ0n) is 12.1. The molecule has 5 nitrogen and oxygen atoms in total. The molecular formula is C14H21NO4S. The van der Waals surface area contributed by atoms with Gasteiger partial charge in [0.2, 0.25) is 0 Å². The van der Waals surface area contributed by atoms with Crippen LogP contribution in [-0.2, 0) is 4.74 Å². The van der Waals surface area contributed by atoms with Crippen molar-refractivity contribution in [3.05, 3.63) is 15.8 Å². The molecule has 0 radical (unpaired) electrons.